The highest BCUT2D eigenvalue weighted by Crippen LogP contribution is 2.26. The van der Waals surface area contributed by atoms with Crippen molar-refractivity contribution in [2.24, 2.45) is 0 Å². The molecule has 0 bridgehead atoms. The quantitative estimate of drug-likeness (QED) is 0.823. The Balaban J connectivity index is 2.26. The maximum atomic E-state index is 12.2. The Labute approximate surface area is 125 Å². The van der Waals surface area contributed by atoms with Gasteiger partial charge in [0.2, 0.25) is 0 Å². The van der Waals surface area contributed by atoms with Crippen molar-refractivity contribution in [1.29, 1.82) is 0 Å². The zero-order chi connectivity index (χ0) is 14.0. The van der Waals surface area contributed by atoms with Gasteiger partial charge in [-0.25, -0.2) is 0 Å². The Hall–Kier alpha value is -1.32. The molecule has 0 saturated heterocycles. The van der Waals surface area contributed by atoms with E-state index in [1.165, 1.54) is 0 Å². The zero-order valence-corrected chi connectivity index (χ0v) is 13.0. The van der Waals surface area contributed by atoms with E-state index in [4.69, 9.17) is 11.6 Å². The minimum absolute atomic E-state index is 0.115. The normalized spacial score (nSPS) is 10.3. The van der Waals surface area contributed by atoms with Crippen molar-refractivity contribution in [2.75, 3.05) is 5.32 Å². The van der Waals surface area contributed by atoms with Crippen LogP contribution in [-0.2, 0) is 0 Å². The molecule has 98 valence electrons. The van der Waals surface area contributed by atoms with Gasteiger partial charge in [0.15, 0.2) is 0 Å². The van der Waals surface area contributed by atoms with Crippen molar-refractivity contribution in [2.45, 2.75) is 13.8 Å². The number of rotatable bonds is 2. The van der Waals surface area contributed by atoms with Gasteiger partial charge in [0.25, 0.3) is 5.91 Å². The number of hydrogen-bond acceptors (Lipinski definition) is 1. The van der Waals surface area contributed by atoms with Crippen molar-refractivity contribution >= 4 is 39.1 Å². The highest BCUT2D eigenvalue weighted by atomic mass is 79.9. The molecule has 2 aromatic rings. The molecule has 1 amide bonds. The maximum Gasteiger partial charge on any atom is 0.255 e. The number of benzene rings is 2. The average Bonchev–Trinajstić information content (AvgIpc) is 2.37. The fourth-order valence-corrected chi connectivity index (χ4v) is 2.27. The van der Waals surface area contributed by atoms with Crippen LogP contribution in [-0.4, -0.2) is 5.91 Å². The van der Waals surface area contributed by atoms with Crippen LogP contribution in [0.1, 0.15) is 21.5 Å². The highest BCUT2D eigenvalue weighted by molar-refractivity contribution is 9.10. The van der Waals surface area contributed by atoms with E-state index >= 15 is 0 Å². The molecule has 0 aliphatic heterocycles. The van der Waals surface area contributed by atoms with Gasteiger partial charge in [-0.3, -0.25) is 4.79 Å². The predicted octanol–water partition coefficient (Wildman–Crippen LogP) is 4.97. The summed E-state index contributed by atoms with van der Waals surface area (Å²) < 4.78 is 0.757. The third-order valence-electron chi connectivity index (χ3n) is 3.03. The van der Waals surface area contributed by atoms with Gasteiger partial charge in [-0.15, -0.1) is 0 Å². The van der Waals surface area contributed by atoms with E-state index in [2.05, 4.69) is 21.2 Å². The molecule has 0 aromatic heterocycles. The standard InChI is InChI=1S/C15H13BrClNO/c1-9-4-3-5-12(10(9)2)15(19)18-11-6-7-14(17)13(16)8-11/h3-8H,1-2H3,(H,18,19). The summed E-state index contributed by atoms with van der Waals surface area (Å²) in [7, 11) is 0. The van der Waals surface area contributed by atoms with E-state index in [-0.39, 0.29) is 5.91 Å². The molecule has 2 rings (SSSR count). The molecule has 0 fully saturated rings. The number of amides is 1. The summed E-state index contributed by atoms with van der Waals surface area (Å²) in [5.74, 6) is -0.115. The van der Waals surface area contributed by atoms with Gasteiger partial charge in [-0.05, 0) is 65.2 Å². The van der Waals surface area contributed by atoms with E-state index in [0.29, 0.717) is 16.3 Å². The van der Waals surface area contributed by atoms with E-state index in [1.807, 2.05) is 32.0 Å². The topological polar surface area (TPSA) is 29.1 Å². The van der Waals surface area contributed by atoms with Crippen molar-refractivity contribution in [3.8, 4) is 0 Å². The number of hydrogen-bond donors (Lipinski definition) is 1. The van der Waals surface area contributed by atoms with Gasteiger partial charge < -0.3 is 5.32 Å². The molecule has 0 spiro atoms. The smallest absolute Gasteiger partial charge is 0.255 e. The van der Waals surface area contributed by atoms with Crippen LogP contribution in [0.15, 0.2) is 40.9 Å². The Morgan fingerprint density at radius 2 is 1.95 bits per heavy atom. The van der Waals surface area contributed by atoms with Gasteiger partial charge in [-0.2, -0.15) is 0 Å². The summed E-state index contributed by atoms with van der Waals surface area (Å²) in [5.41, 5.74) is 3.49. The van der Waals surface area contributed by atoms with Crippen molar-refractivity contribution in [3.05, 3.63) is 62.6 Å². The third-order valence-corrected chi connectivity index (χ3v) is 4.24. The SMILES string of the molecule is Cc1cccc(C(=O)Nc2ccc(Cl)c(Br)c2)c1C. The predicted molar refractivity (Wildman–Crippen MR) is 83.0 cm³/mol. The Morgan fingerprint density at radius 3 is 2.63 bits per heavy atom. The number of carbonyl (C=O) groups is 1. The minimum atomic E-state index is -0.115. The summed E-state index contributed by atoms with van der Waals surface area (Å²) in [6.45, 7) is 3.94. The molecule has 0 unspecified atom stereocenters. The molecule has 0 saturated carbocycles. The number of anilines is 1. The summed E-state index contributed by atoms with van der Waals surface area (Å²) in [4.78, 5) is 12.2. The van der Waals surface area contributed by atoms with Crippen molar-refractivity contribution < 1.29 is 4.79 Å². The van der Waals surface area contributed by atoms with E-state index in [9.17, 15) is 4.79 Å². The van der Waals surface area contributed by atoms with Gasteiger partial charge in [-0.1, -0.05) is 23.7 Å². The first-order valence-corrected chi connectivity index (χ1v) is 6.99. The highest BCUT2D eigenvalue weighted by Gasteiger charge is 2.10. The largest absolute Gasteiger partial charge is 0.322 e. The first kappa shape index (κ1) is 14.1. The summed E-state index contributed by atoms with van der Waals surface area (Å²) in [6.07, 6.45) is 0. The van der Waals surface area contributed by atoms with Gasteiger partial charge in [0.05, 0.1) is 5.02 Å². The van der Waals surface area contributed by atoms with Crippen LogP contribution in [0.3, 0.4) is 0 Å². The molecule has 0 aliphatic rings. The lowest BCUT2D eigenvalue weighted by Gasteiger charge is -2.10. The van der Waals surface area contributed by atoms with Crippen LogP contribution in [0.5, 0.6) is 0 Å². The van der Waals surface area contributed by atoms with Crippen molar-refractivity contribution in [3.63, 3.8) is 0 Å². The number of halogens is 2. The summed E-state index contributed by atoms with van der Waals surface area (Å²) >= 11 is 9.26. The Morgan fingerprint density at radius 1 is 1.21 bits per heavy atom. The van der Waals surface area contributed by atoms with Crippen LogP contribution >= 0.6 is 27.5 Å². The fourth-order valence-electron chi connectivity index (χ4n) is 1.77. The number of aryl methyl sites for hydroxylation is 1. The molecule has 19 heavy (non-hydrogen) atoms. The molecule has 2 nitrogen and oxygen atoms in total. The third kappa shape index (κ3) is 3.17. The fraction of sp³-hybridized carbons (Fsp3) is 0.133. The molecule has 1 N–H and O–H groups in total. The van der Waals surface area contributed by atoms with Gasteiger partial charge in [0.1, 0.15) is 0 Å². The van der Waals surface area contributed by atoms with Crippen LogP contribution in [0.25, 0.3) is 0 Å². The first-order chi connectivity index (χ1) is 8.99. The molecule has 0 radical (unpaired) electrons. The van der Waals surface area contributed by atoms with Gasteiger partial charge >= 0.3 is 0 Å². The zero-order valence-electron chi connectivity index (χ0n) is 10.6. The summed E-state index contributed by atoms with van der Waals surface area (Å²) in [6, 6.07) is 11.0. The number of carbonyl (C=O) groups excluding carboxylic acids is 1. The second-order valence-corrected chi connectivity index (χ2v) is 5.59. The molecule has 0 aliphatic carbocycles. The van der Waals surface area contributed by atoms with Crippen molar-refractivity contribution in [1.82, 2.24) is 0 Å². The summed E-state index contributed by atoms with van der Waals surface area (Å²) in [5, 5.41) is 3.48. The average molecular weight is 339 g/mol. The van der Waals surface area contributed by atoms with E-state index in [1.54, 1.807) is 18.2 Å². The second kappa shape index (κ2) is 5.76. The molecule has 2 aromatic carbocycles. The molecule has 0 heterocycles. The number of nitrogens with one attached hydrogen (secondary N) is 1. The second-order valence-electron chi connectivity index (χ2n) is 4.33. The van der Waals surface area contributed by atoms with Gasteiger partial charge in [0, 0.05) is 15.7 Å². The van der Waals surface area contributed by atoms with E-state index in [0.717, 1.165) is 15.6 Å². The lowest BCUT2D eigenvalue weighted by molar-refractivity contribution is 0.102. The van der Waals surface area contributed by atoms with E-state index < -0.39 is 0 Å². The lowest BCUT2D eigenvalue weighted by atomic mass is 10.0. The lowest BCUT2D eigenvalue weighted by Crippen LogP contribution is -2.13. The first-order valence-electron chi connectivity index (χ1n) is 5.81. The minimum Gasteiger partial charge on any atom is -0.322 e. The van der Waals surface area contributed by atoms with Crippen LogP contribution < -0.4 is 5.32 Å². The molecule has 4 heteroatoms. The van der Waals surface area contributed by atoms with Crippen LogP contribution in [0.2, 0.25) is 5.02 Å². The molecular weight excluding hydrogens is 326 g/mol. The molecular formula is C15H13BrClNO. The Kier molecular flexibility index (Phi) is 4.27. The van der Waals surface area contributed by atoms with Crippen LogP contribution in [0, 0.1) is 13.8 Å². The molecule has 0 atom stereocenters. The monoisotopic (exact) mass is 337 g/mol. The Bertz CT molecular complexity index is 640. The van der Waals surface area contributed by atoms with Crippen LogP contribution in [0.4, 0.5) is 5.69 Å². The maximum absolute atomic E-state index is 12.2.